The van der Waals surface area contributed by atoms with Gasteiger partial charge in [-0.25, -0.2) is 4.79 Å². The maximum atomic E-state index is 11.6. The average Bonchev–Trinajstić information content (AvgIpc) is 3.18. The zero-order valence-electron chi connectivity index (χ0n) is 11.5. The van der Waals surface area contributed by atoms with Crippen molar-refractivity contribution in [3.8, 4) is 0 Å². The van der Waals surface area contributed by atoms with Crippen molar-refractivity contribution in [1.29, 1.82) is 0 Å². The fraction of sp³-hybridized carbons (Fsp3) is 0.769. The molecular weight excluding hydrogens is 248 g/mol. The minimum absolute atomic E-state index is 0.0596. The summed E-state index contributed by atoms with van der Waals surface area (Å²) in [6.07, 6.45) is 2.98. The number of carbonyl (C=O) groups is 3. The van der Waals surface area contributed by atoms with E-state index in [2.05, 4.69) is 10.6 Å². The van der Waals surface area contributed by atoms with Gasteiger partial charge in [0.1, 0.15) is 5.54 Å². The summed E-state index contributed by atoms with van der Waals surface area (Å²) in [5, 5.41) is 14.3. The predicted octanol–water partition coefficient (Wildman–Crippen LogP) is 0.662. The van der Waals surface area contributed by atoms with Crippen molar-refractivity contribution in [1.82, 2.24) is 10.6 Å². The highest BCUT2D eigenvalue weighted by Gasteiger charge is 2.32. The third-order valence-corrected chi connectivity index (χ3v) is 3.42. The third-order valence-electron chi connectivity index (χ3n) is 3.42. The Kier molecular flexibility index (Phi) is 5.32. The highest BCUT2D eigenvalue weighted by molar-refractivity contribution is 5.86. The number of nitrogens with one attached hydrogen (secondary N) is 2. The summed E-state index contributed by atoms with van der Waals surface area (Å²) in [6.45, 7) is 3.66. The molecule has 0 aromatic carbocycles. The lowest BCUT2D eigenvalue weighted by Crippen LogP contribution is -2.51. The zero-order valence-corrected chi connectivity index (χ0v) is 11.5. The van der Waals surface area contributed by atoms with Gasteiger partial charge in [0, 0.05) is 18.9 Å². The standard InChI is InChI=1S/C13H22N2O4/c1-3-13(2,12(18)19)15-10(16)5-4-8-14-11(17)9-6-7-9/h9H,3-8H2,1-2H3,(H,14,17)(H,15,16)(H,18,19). The first-order valence-corrected chi connectivity index (χ1v) is 6.71. The van der Waals surface area contributed by atoms with Gasteiger partial charge >= 0.3 is 5.97 Å². The van der Waals surface area contributed by atoms with E-state index in [1.807, 2.05) is 0 Å². The number of amides is 2. The van der Waals surface area contributed by atoms with Crippen LogP contribution in [-0.4, -0.2) is 35.0 Å². The first-order chi connectivity index (χ1) is 8.89. The number of carbonyl (C=O) groups excluding carboxylic acids is 2. The van der Waals surface area contributed by atoms with Crippen LogP contribution in [0.1, 0.15) is 46.0 Å². The minimum atomic E-state index is -1.21. The molecule has 0 saturated heterocycles. The van der Waals surface area contributed by atoms with Crippen molar-refractivity contribution in [3.63, 3.8) is 0 Å². The number of rotatable bonds is 8. The molecule has 1 aliphatic rings. The van der Waals surface area contributed by atoms with Gasteiger partial charge in [-0.05, 0) is 32.6 Å². The SMILES string of the molecule is CCC(C)(NC(=O)CCCNC(=O)C1CC1)C(=O)O. The minimum Gasteiger partial charge on any atom is -0.480 e. The van der Waals surface area contributed by atoms with Crippen molar-refractivity contribution < 1.29 is 19.5 Å². The van der Waals surface area contributed by atoms with E-state index in [0.29, 0.717) is 19.4 Å². The van der Waals surface area contributed by atoms with Crippen molar-refractivity contribution >= 4 is 17.8 Å². The molecule has 1 aliphatic carbocycles. The number of carboxylic acids is 1. The van der Waals surface area contributed by atoms with Crippen LogP contribution < -0.4 is 10.6 Å². The van der Waals surface area contributed by atoms with Gasteiger partial charge < -0.3 is 15.7 Å². The molecular formula is C13H22N2O4. The zero-order chi connectivity index (χ0) is 14.5. The van der Waals surface area contributed by atoms with Crippen LogP contribution in [0.3, 0.4) is 0 Å². The largest absolute Gasteiger partial charge is 0.480 e. The van der Waals surface area contributed by atoms with E-state index in [1.54, 1.807) is 6.92 Å². The fourth-order valence-electron chi connectivity index (χ4n) is 1.61. The predicted molar refractivity (Wildman–Crippen MR) is 69.4 cm³/mol. The van der Waals surface area contributed by atoms with Crippen LogP contribution in [0.15, 0.2) is 0 Å². The van der Waals surface area contributed by atoms with E-state index in [0.717, 1.165) is 12.8 Å². The molecule has 6 nitrogen and oxygen atoms in total. The molecule has 0 heterocycles. The summed E-state index contributed by atoms with van der Waals surface area (Å²) in [6, 6.07) is 0. The second-order valence-corrected chi connectivity index (χ2v) is 5.21. The van der Waals surface area contributed by atoms with Crippen molar-refractivity contribution in [2.24, 2.45) is 5.92 Å². The molecule has 1 atom stereocenters. The summed E-state index contributed by atoms with van der Waals surface area (Å²) in [5.41, 5.74) is -1.21. The molecule has 6 heteroatoms. The van der Waals surface area contributed by atoms with E-state index in [-0.39, 0.29) is 24.2 Å². The molecule has 1 saturated carbocycles. The van der Waals surface area contributed by atoms with E-state index in [1.165, 1.54) is 6.92 Å². The van der Waals surface area contributed by atoms with Crippen LogP contribution in [0.25, 0.3) is 0 Å². The monoisotopic (exact) mass is 270 g/mol. The van der Waals surface area contributed by atoms with Gasteiger partial charge in [0.05, 0.1) is 0 Å². The molecule has 3 N–H and O–H groups in total. The van der Waals surface area contributed by atoms with E-state index in [9.17, 15) is 14.4 Å². The van der Waals surface area contributed by atoms with Gasteiger partial charge in [0.15, 0.2) is 0 Å². The van der Waals surface area contributed by atoms with Crippen LogP contribution in [0.5, 0.6) is 0 Å². The molecule has 2 amide bonds. The van der Waals surface area contributed by atoms with E-state index in [4.69, 9.17) is 5.11 Å². The van der Waals surface area contributed by atoms with Crippen LogP contribution in [0, 0.1) is 5.92 Å². The third kappa shape index (κ3) is 4.89. The quantitative estimate of drug-likeness (QED) is 0.565. The summed E-state index contributed by atoms with van der Waals surface area (Å²) < 4.78 is 0. The number of carboxylic acid groups (broad SMARTS) is 1. The van der Waals surface area contributed by atoms with Gasteiger partial charge in [-0.3, -0.25) is 9.59 Å². The van der Waals surface area contributed by atoms with Crippen LogP contribution in [0.4, 0.5) is 0 Å². The maximum absolute atomic E-state index is 11.6. The number of aliphatic carboxylic acids is 1. The lowest BCUT2D eigenvalue weighted by Gasteiger charge is -2.24. The topological polar surface area (TPSA) is 95.5 Å². The average molecular weight is 270 g/mol. The lowest BCUT2D eigenvalue weighted by atomic mass is 9.99. The highest BCUT2D eigenvalue weighted by Crippen LogP contribution is 2.28. The highest BCUT2D eigenvalue weighted by atomic mass is 16.4. The van der Waals surface area contributed by atoms with Crippen LogP contribution >= 0.6 is 0 Å². The van der Waals surface area contributed by atoms with Crippen LogP contribution in [-0.2, 0) is 14.4 Å². The Bertz CT molecular complexity index is 366. The maximum Gasteiger partial charge on any atom is 0.329 e. The Morgan fingerprint density at radius 3 is 2.42 bits per heavy atom. The summed E-state index contributed by atoms with van der Waals surface area (Å²) in [4.78, 5) is 34.0. The first-order valence-electron chi connectivity index (χ1n) is 6.71. The Morgan fingerprint density at radius 1 is 1.32 bits per heavy atom. The summed E-state index contributed by atoms with van der Waals surface area (Å²) in [5.74, 6) is -1.11. The molecule has 0 aliphatic heterocycles. The Hall–Kier alpha value is -1.59. The second-order valence-electron chi connectivity index (χ2n) is 5.21. The Balaban J connectivity index is 2.19. The summed E-state index contributed by atoms with van der Waals surface area (Å²) >= 11 is 0. The molecule has 1 rings (SSSR count). The molecule has 1 unspecified atom stereocenters. The molecule has 0 aromatic rings. The van der Waals surface area contributed by atoms with Gasteiger partial charge in [-0.1, -0.05) is 6.92 Å². The molecule has 0 spiro atoms. The molecule has 19 heavy (non-hydrogen) atoms. The molecule has 0 radical (unpaired) electrons. The van der Waals surface area contributed by atoms with Crippen molar-refractivity contribution in [3.05, 3.63) is 0 Å². The molecule has 0 bridgehead atoms. The molecule has 108 valence electrons. The number of hydrogen-bond acceptors (Lipinski definition) is 3. The van der Waals surface area contributed by atoms with Crippen molar-refractivity contribution in [2.75, 3.05) is 6.54 Å². The van der Waals surface area contributed by atoms with Gasteiger partial charge in [0.2, 0.25) is 11.8 Å². The molecule has 1 fully saturated rings. The fourth-order valence-corrected chi connectivity index (χ4v) is 1.61. The second kappa shape index (κ2) is 6.54. The van der Waals surface area contributed by atoms with Crippen molar-refractivity contribution in [2.45, 2.75) is 51.5 Å². The molecule has 0 aromatic heterocycles. The first kappa shape index (κ1) is 15.5. The lowest BCUT2D eigenvalue weighted by molar-refractivity contribution is -0.147. The van der Waals surface area contributed by atoms with Gasteiger partial charge in [0.25, 0.3) is 0 Å². The van der Waals surface area contributed by atoms with E-state index < -0.39 is 11.5 Å². The number of hydrogen-bond donors (Lipinski definition) is 3. The smallest absolute Gasteiger partial charge is 0.329 e. The normalized spacial score (nSPS) is 17.4. The van der Waals surface area contributed by atoms with Gasteiger partial charge in [-0.15, -0.1) is 0 Å². The Labute approximate surface area is 112 Å². The van der Waals surface area contributed by atoms with E-state index >= 15 is 0 Å². The van der Waals surface area contributed by atoms with Crippen LogP contribution in [0.2, 0.25) is 0 Å². The Morgan fingerprint density at radius 2 is 1.95 bits per heavy atom. The summed E-state index contributed by atoms with van der Waals surface area (Å²) in [7, 11) is 0. The van der Waals surface area contributed by atoms with Gasteiger partial charge in [-0.2, -0.15) is 0 Å².